The summed E-state index contributed by atoms with van der Waals surface area (Å²) in [6, 6.07) is 13.2. The van der Waals surface area contributed by atoms with Gasteiger partial charge in [-0.15, -0.1) is 15.3 Å². The quantitative estimate of drug-likeness (QED) is 0.524. The van der Waals surface area contributed by atoms with Crippen molar-refractivity contribution in [1.82, 2.24) is 19.8 Å². The molecule has 0 saturated carbocycles. The summed E-state index contributed by atoms with van der Waals surface area (Å²) in [6.45, 7) is 3.92. The van der Waals surface area contributed by atoms with Gasteiger partial charge < -0.3 is 9.47 Å². The lowest BCUT2D eigenvalue weighted by atomic mass is 10.1. The van der Waals surface area contributed by atoms with E-state index in [0.29, 0.717) is 27.4 Å². The van der Waals surface area contributed by atoms with Crippen LogP contribution in [0.5, 0.6) is 11.5 Å². The van der Waals surface area contributed by atoms with Crippen LogP contribution in [0.3, 0.4) is 0 Å². The summed E-state index contributed by atoms with van der Waals surface area (Å²) in [5, 5.41) is 15.9. The van der Waals surface area contributed by atoms with Gasteiger partial charge in [0, 0.05) is 0 Å². The first-order valence-corrected chi connectivity index (χ1v) is 9.72. The summed E-state index contributed by atoms with van der Waals surface area (Å²) in [5.74, 6) is 1.56. The molecule has 0 radical (unpaired) electrons. The third-order valence-electron chi connectivity index (χ3n) is 4.43. The van der Waals surface area contributed by atoms with Crippen LogP contribution in [0.15, 0.2) is 42.5 Å². The van der Waals surface area contributed by atoms with Crippen LogP contribution in [-0.2, 0) is 4.79 Å². The lowest BCUT2D eigenvalue weighted by Gasteiger charge is -2.07. The largest absolute Gasteiger partial charge is 0.496 e. The Bertz CT molecular complexity index is 1180. The molecule has 0 atom stereocenters. The van der Waals surface area contributed by atoms with Gasteiger partial charge in [-0.2, -0.15) is 4.52 Å². The van der Waals surface area contributed by atoms with E-state index in [9.17, 15) is 4.79 Å². The fourth-order valence-electron chi connectivity index (χ4n) is 2.77. The van der Waals surface area contributed by atoms with Crippen molar-refractivity contribution in [3.63, 3.8) is 0 Å². The van der Waals surface area contributed by atoms with E-state index in [1.165, 1.54) is 16.9 Å². The second-order valence-electron chi connectivity index (χ2n) is 6.41. The number of amides is 1. The number of anilines is 1. The molecule has 2 heterocycles. The summed E-state index contributed by atoms with van der Waals surface area (Å²) < 4.78 is 12.5. The molecule has 8 nitrogen and oxygen atoms in total. The highest BCUT2D eigenvalue weighted by atomic mass is 32.1. The van der Waals surface area contributed by atoms with E-state index in [1.807, 2.05) is 56.3 Å². The summed E-state index contributed by atoms with van der Waals surface area (Å²) in [5.41, 5.74) is 3.05. The Labute approximate surface area is 171 Å². The van der Waals surface area contributed by atoms with E-state index in [0.717, 1.165) is 11.1 Å². The van der Waals surface area contributed by atoms with E-state index in [2.05, 4.69) is 20.6 Å². The number of aryl methyl sites for hydroxylation is 2. The number of carbonyl (C=O) groups excluding carboxylic acids is 1. The van der Waals surface area contributed by atoms with Crippen LogP contribution >= 0.6 is 11.3 Å². The maximum atomic E-state index is 12.3. The average molecular weight is 409 g/mol. The molecule has 0 aliphatic heterocycles. The normalized spacial score (nSPS) is 10.9. The van der Waals surface area contributed by atoms with Gasteiger partial charge in [0.25, 0.3) is 5.91 Å². The predicted molar refractivity (Wildman–Crippen MR) is 111 cm³/mol. The predicted octanol–water partition coefficient (Wildman–Crippen LogP) is 3.50. The molecule has 0 spiro atoms. The number of aromatic nitrogens is 4. The summed E-state index contributed by atoms with van der Waals surface area (Å²) in [4.78, 5) is 12.8. The number of hydrogen-bond donors (Lipinski definition) is 1. The van der Waals surface area contributed by atoms with Crippen molar-refractivity contribution in [3.8, 4) is 22.9 Å². The maximum absolute atomic E-state index is 12.3. The maximum Gasteiger partial charge on any atom is 0.264 e. The monoisotopic (exact) mass is 409 g/mol. The van der Waals surface area contributed by atoms with Gasteiger partial charge >= 0.3 is 0 Å². The Hall–Kier alpha value is -3.46. The number of benzene rings is 2. The third-order valence-corrected chi connectivity index (χ3v) is 5.25. The van der Waals surface area contributed by atoms with Crippen LogP contribution < -0.4 is 14.8 Å². The van der Waals surface area contributed by atoms with E-state index in [4.69, 9.17) is 9.47 Å². The second-order valence-corrected chi connectivity index (χ2v) is 7.36. The lowest BCUT2D eigenvalue weighted by Crippen LogP contribution is -2.20. The molecule has 1 N–H and O–H groups in total. The SMILES string of the molecule is COc1ccccc1-c1nnc2sc(NC(=O)COc3ccc(C)c(C)c3)nn12. The van der Waals surface area contributed by atoms with Gasteiger partial charge in [-0.1, -0.05) is 29.5 Å². The zero-order chi connectivity index (χ0) is 20.4. The van der Waals surface area contributed by atoms with Crippen LogP contribution in [0.25, 0.3) is 16.3 Å². The van der Waals surface area contributed by atoms with Gasteiger partial charge in [-0.3, -0.25) is 10.1 Å². The average Bonchev–Trinajstić information content (AvgIpc) is 3.29. The van der Waals surface area contributed by atoms with Gasteiger partial charge in [0.1, 0.15) is 11.5 Å². The number of nitrogens with zero attached hydrogens (tertiary/aromatic N) is 4. The molecule has 4 rings (SSSR count). The van der Waals surface area contributed by atoms with Gasteiger partial charge in [0.05, 0.1) is 12.7 Å². The molecule has 2 aromatic heterocycles. The van der Waals surface area contributed by atoms with Gasteiger partial charge in [0.15, 0.2) is 12.4 Å². The molecule has 148 valence electrons. The van der Waals surface area contributed by atoms with E-state index in [1.54, 1.807) is 11.6 Å². The molecular weight excluding hydrogens is 390 g/mol. The minimum atomic E-state index is -0.299. The molecule has 0 saturated heterocycles. The van der Waals surface area contributed by atoms with Gasteiger partial charge in [-0.05, 0) is 49.2 Å². The molecule has 1 amide bonds. The van der Waals surface area contributed by atoms with Crippen LogP contribution in [0.4, 0.5) is 5.13 Å². The Balaban J connectivity index is 1.48. The minimum absolute atomic E-state index is 0.109. The highest BCUT2D eigenvalue weighted by Gasteiger charge is 2.17. The first kappa shape index (κ1) is 18.9. The van der Waals surface area contributed by atoms with Gasteiger partial charge in [0.2, 0.25) is 10.1 Å². The van der Waals surface area contributed by atoms with Crippen LogP contribution in [0.1, 0.15) is 11.1 Å². The van der Waals surface area contributed by atoms with E-state index >= 15 is 0 Å². The number of para-hydroxylation sites is 1. The van der Waals surface area contributed by atoms with Crippen molar-refractivity contribution in [3.05, 3.63) is 53.6 Å². The molecular formula is C20H19N5O3S. The molecule has 4 aromatic rings. The molecule has 0 bridgehead atoms. The Morgan fingerprint density at radius 1 is 1.14 bits per heavy atom. The summed E-state index contributed by atoms with van der Waals surface area (Å²) in [7, 11) is 1.60. The molecule has 0 aliphatic rings. The van der Waals surface area contributed by atoms with Crippen LogP contribution in [0, 0.1) is 13.8 Å². The number of hydrogen-bond acceptors (Lipinski definition) is 7. The molecule has 0 aliphatic carbocycles. The van der Waals surface area contributed by atoms with E-state index < -0.39 is 0 Å². The van der Waals surface area contributed by atoms with Crippen molar-refractivity contribution in [1.29, 1.82) is 0 Å². The zero-order valence-corrected chi connectivity index (χ0v) is 17.0. The van der Waals surface area contributed by atoms with Crippen molar-refractivity contribution in [2.45, 2.75) is 13.8 Å². The third kappa shape index (κ3) is 3.90. The Morgan fingerprint density at radius 3 is 2.76 bits per heavy atom. The van der Waals surface area contributed by atoms with Crippen molar-refractivity contribution < 1.29 is 14.3 Å². The van der Waals surface area contributed by atoms with E-state index in [-0.39, 0.29) is 12.5 Å². The summed E-state index contributed by atoms with van der Waals surface area (Å²) in [6.07, 6.45) is 0. The van der Waals surface area contributed by atoms with Gasteiger partial charge in [-0.25, -0.2) is 0 Å². The molecule has 0 fully saturated rings. The highest BCUT2D eigenvalue weighted by Crippen LogP contribution is 2.30. The number of ether oxygens (including phenoxy) is 2. The molecule has 29 heavy (non-hydrogen) atoms. The Morgan fingerprint density at radius 2 is 1.97 bits per heavy atom. The topological polar surface area (TPSA) is 90.6 Å². The number of rotatable bonds is 6. The van der Waals surface area contributed by atoms with Crippen molar-refractivity contribution in [2.24, 2.45) is 0 Å². The lowest BCUT2D eigenvalue weighted by molar-refractivity contribution is -0.118. The fraction of sp³-hybridized carbons (Fsp3) is 0.200. The van der Waals surface area contributed by atoms with Crippen molar-refractivity contribution >= 4 is 27.3 Å². The number of nitrogens with one attached hydrogen (secondary N) is 1. The standard InChI is InChI=1S/C20H19N5O3S/c1-12-8-9-14(10-13(12)2)28-11-17(26)21-19-24-25-18(22-23-20(25)29-19)15-6-4-5-7-16(15)27-3/h4-10H,11H2,1-3H3,(H,21,24,26). The Kier molecular flexibility index (Phi) is 5.13. The molecule has 2 aromatic carbocycles. The minimum Gasteiger partial charge on any atom is -0.496 e. The molecule has 9 heteroatoms. The molecule has 0 unspecified atom stereocenters. The second kappa shape index (κ2) is 7.88. The first-order valence-electron chi connectivity index (χ1n) is 8.90. The first-order chi connectivity index (χ1) is 14.0. The van der Waals surface area contributed by atoms with Crippen molar-refractivity contribution in [2.75, 3.05) is 19.0 Å². The fourth-order valence-corrected chi connectivity index (χ4v) is 3.53. The summed E-state index contributed by atoms with van der Waals surface area (Å²) >= 11 is 1.23. The number of methoxy groups -OCH3 is 1. The van der Waals surface area contributed by atoms with Crippen LogP contribution in [-0.4, -0.2) is 39.4 Å². The number of fused-ring (bicyclic) bond motifs is 1. The van der Waals surface area contributed by atoms with Crippen LogP contribution in [0.2, 0.25) is 0 Å². The smallest absolute Gasteiger partial charge is 0.264 e. The number of carbonyl (C=O) groups is 1. The highest BCUT2D eigenvalue weighted by molar-refractivity contribution is 7.20. The zero-order valence-electron chi connectivity index (χ0n) is 16.2.